The number of carboxylic acid groups (broad SMARTS) is 1. The maximum atomic E-state index is 13.7. The van der Waals surface area contributed by atoms with Crippen molar-refractivity contribution in [1.82, 2.24) is 14.5 Å². The van der Waals surface area contributed by atoms with Gasteiger partial charge in [-0.3, -0.25) is 14.4 Å². The van der Waals surface area contributed by atoms with Gasteiger partial charge in [-0.05, 0) is 67.3 Å². The quantitative estimate of drug-likeness (QED) is 0.522. The number of hydrogen-bond acceptors (Lipinski definition) is 5. The standard InChI is InChI=1S/C26H29F2N3O6S/c27-19-8-6-18(7-9-19)26(35)30-14-15-31(38(36,37)21-12-10-20(28)11-13-21)25(30)24(34)29-22(16-23(32)33)17-4-2-1-3-5-17/h6-13,17,22,25H,1-5,14-16H2,(H,29,34)(H,32,33). The second-order valence-electron chi connectivity index (χ2n) is 9.56. The monoisotopic (exact) mass is 549 g/mol. The zero-order valence-corrected chi connectivity index (χ0v) is 21.4. The Balaban J connectivity index is 1.68. The Hall–Kier alpha value is -3.38. The Bertz CT molecular complexity index is 1280. The largest absolute Gasteiger partial charge is 0.481 e. The molecule has 1 saturated carbocycles. The molecule has 0 radical (unpaired) electrons. The smallest absolute Gasteiger partial charge is 0.305 e. The number of benzene rings is 2. The average Bonchev–Trinajstić information content (AvgIpc) is 3.35. The van der Waals surface area contributed by atoms with E-state index in [4.69, 9.17) is 0 Å². The van der Waals surface area contributed by atoms with Gasteiger partial charge in [0.2, 0.25) is 10.0 Å². The lowest BCUT2D eigenvalue weighted by Crippen LogP contribution is -2.56. The summed E-state index contributed by atoms with van der Waals surface area (Å²) in [7, 11) is -4.35. The Labute approximate surface area is 219 Å². The molecule has 9 nitrogen and oxygen atoms in total. The molecule has 1 saturated heterocycles. The van der Waals surface area contributed by atoms with Gasteiger partial charge in [-0.1, -0.05) is 19.3 Å². The van der Waals surface area contributed by atoms with Crippen molar-refractivity contribution in [3.05, 3.63) is 65.7 Å². The van der Waals surface area contributed by atoms with Crippen LogP contribution in [0, 0.1) is 17.6 Å². The van der Waals surface area contributed by atoms with Crippen molar-refractivity contribution in [3.8, 4) is 0 Å². The second-order valence-corrected chi connectivity index (χ2v) is 11.5. The molecule has 2 N–H and O–H groups in total. The van der Waals surface area contributed by atoms with Crippen LogP contribution >= 0.6 is 0 Å². The highest BCUT2D eigenvalue weighted by atomic mass is 32.2. The molecule has 2 amide bonds. The molecule has 204 valence electrons. The number of nitrogens with one attached hydrogen (secondary N) is 1. The lowest BCUT2D eigenvalue weighted by atomic mass is 9.82. The Morgan fingerprint density at radius 3 is 2.08 bits per heavy atom. The number of carbonyl (C=O) groups is 3. The first-order valence-electron chi connectivity index (χ1n) is 12.4. The maximum absolute atomic E-state index is 13.7. The third kappa shape index (κ3) is 6.02. The number of nitrogens with zero attached hydrogens (tertiary/aromatic N) is 2. The molecular weight excluding hydrogens is 520 g/mol. The zero-order valence-electron chi connectivity index (χ0n) is 20.6. The first-order valence-corrected chi connectivity index (χ1v) is 13.9. The van der Waals surface area contributed by atoms with Crippen LogP contribution in [0.25, 0.3) is 0 Å². The average molecular weight is 550 g/mol. The lowest BCUT2D eigenvalue weighted by Gasteiger charge is -2.34. The highest BCUT2D eigenvalue weighted by Gasteiger charge is 2.47. The van der Waals surface area contributed by atoms with E-state index in [0.717, 1.165) is 77.7 Å². The maximum Gasteiger partial charge on any atom is 0.305 e. The summed E-state index contributed by atoms with van der Waals surface area (Å²) in [6, 6.07) is 7.97. The van der Waals surface area contributed by atoms with Gasteiger partial charge in [0.05, 0.1) is 11.3 Å². The molecule has 1 aliphatic heterocycles. The molecule has 2 aromatic rings. The van der Waals surface area contributed by atoms with Crippen LogP contribution in [0.3, 0.4) is 0 Å². The van der Waals surface area contributed by atoms with Crippen molar-refractivity contribution in [1.29, 1.82) is 0 Å². The molecule has 38 heavy (non-hydrogen) atoms. The van der Waals surface area contributed by atoms with Crippen LogP contribution in [-0.4, -0.2) is 65.8 Å². The summed E-state index contributed by atoms with van der Waals surface area (Å²) in [5.74, 6) is -3.94. The molecule has 0 aromatic heterocycles. The molecule has 2 aliphatic rings. The van der Waals surface area contributed by atoms with Crippen molar-refractivity contribution in [2.24, 2.45) is 5.92 Å². The van der Waals surface area contributed by atoms with Crippen LogP contribution in [0.1, 0.15) is 48.9 Å². The number of carboxylic acids is 1. The summed E-state index contributed by atoms with van der Waals surface area (Å²) < 4.78 is 54.8. The summed E-state index contributed by atoms with van der Waals surface area (Å²) >= 11 is 0. The van der Waals surface area contributed by atoms with E-state index in [9.17, 15) is 36.7 Å². The van der Waals surface area contributed by atoms with E-state index in [1.165, 1.54) is 12.1 Å². The van der Waals surface area contributed by atoms with E-state index in [0.29, 0.717) is 0 Å². The SMILES string of the molecule is O=C(O)CC(NC(=O)C1N(C(=O)c2ccc(F)cc2)CCN1S(=O)(=O)c1ccc(F)cc1)C1CCCCC1. The molecule has 0 spiro atoms. The fourth-order valence-corrected chi connectivity index (χ4v) is 6.71. The molecule has 2 unspecified atom stereocenters. The van der Waals surface area contributed by atoms with E-state index in [1.54, 1.807) is 0 Å². The van der Waals surface area contributed by atoms with Gasteiger partial charge >= 0.3 is 5.97 Å². The van der Waals surface area contributed by atoms with Gasteiger partial charge in [0.1, 0.15) is 11.6 Å². The molecule has 2 atom stereocenters. The van der Waals surface area contributed by atoms with Gasteiger partial charge < -0.3 is 15.3 Å². The molecular formula is C26H29F2N3O6S. The van der Waals surface area contributed by atoms with E-state index < -0.39 is 51.6 Å². The van der Waals surface area contributed by atoms with E-state index >= 15 is 0 Å². The molecule has 12 heteroatoms. The van der Waals surface area contributed by atoms with Crippen LogP contribution in [0.5, 0.6) is 0 Å². The summed E-state index contributed by atoms with van der Waals surface area (Å²) in [4.78, 5) is 39.5. The molecule has 4 rings (SSSR count). The minimum atomic E-state index is -4.35. The normalized spacial score (nSPS) is 19.7. The van der Waals surface area contributed by atoms with Crippen LogP contribution in [-0.2, 0) is 19.6 Å². The number of sulfonamides is 1. The van der Waals surface area contributed by atoms with Crippen LogP contribution < -0.4 is 5.32 Å². The number of halogens is 2. The predicted molar refractivity (Wildman–Crippen MR) is 132 cm³/mol. The molecule has 2 aromatic carbocycles. The van der Waals surface area contributed by atoms with Gasteiger partial charge in [0, 0.05) is 24.7 Å². The lowest BCUT2D eigenvalue weighted by molar-refractivity contribution is -0.138. The van der Waals surface area contributed by atoms with Gasteiger partial charge in [-0.15, -0.1) is 0 Å². The zero-order chi connectivity index (χ0) is 27.4. The van der Waals surface area contributed by atoms with Crippen LogP contribution in [0.2, 0.25) is 0 Å². The summed E-state index contributed by atoms with van der Waals surface area (Å²) in [6.07, 6.45) is 2.26. The van der Waals surface area contributed by atoms with Crippen molar-refractivity contribution < 1.29 is 36.7 Å². The summed E-state index contributed by atoms with van der Waals surface area (Å²) in [5, 5.41) is 12.2. The summed E-state index contributed by atoms with van der Waals surface area (Å²) in [6.45, 7) is -0.362. The Kier molecular flexibility index (Phi) is 8.41. The van der Waals surface area contributed by atoms with Crippen LogP contribution in [0.4, 0.5) is 8.78 Å². The minimum absolute atomic E-state index is 0.0552. The van der Waals surface area contributed by atoms with Crippen molar-refractivity contribution >= 4 is 27.8 Å². The molecule has 1 heterocycles. The first-order chi connectivity index (χ1) is 18.1. The van der Waals surface area contributed by atoms with E-state index in [2.05, 4.69) is 5.32 Å². The molecule has 2 fully saturated rings. The fraction of sp³-hybridized carbons (Fsp3) is 0.423. The highest BCUT2D eigenvalue weighted by molar-refractivity contribution is 7.89. The number of carbonyl (C=O) groups excluding carboxylic acids is 2. The number of hydrogen-bond donors (Lipinski definition) is 2. The Morgan fingerprint density at radius 2 is 1.50 bits per heavy atom. The van der Waals surface area contributed by atoms with Gasteiger partial charge in [-0.25, -0.2) is 17.2 Å². The predicted octanol–water partition coefficient (Wildman–Crippen LogP) is 2.98. The molecule has 0 bridgehead atoms. The van der Waals surface area contributed by atoms with Crippen molar-refractivity contribution in [2.75, 3.05) is 13.1 Å². The van der Waals surface area contributed by atoms with Crippen molar-refractivity contribution in [2.45, 2.75) is 55.6 Å². The van der Waals surface area contributed by atoms with E-state index in [-0.39, 0.29) is 35.9 Å². The van der Waals surface area contributed by atoms with Crippen molar-refractivity contribution in [3.63, 3.8) is 0 Å². The summed E-state index contributed by atoms with van der Waals surface area (Å²) in [5.41, 5.74) is 0.0552. The van der Waals surface area contributed by atoms with Gasteiger partial charge in [-0.2, -0.15) is 4.31 Å². The van der Waals surface area contributed by atoms with E-state index in [1.807, 2.05) is 0 Å². The molecule has 1 aliphatic carbocycles. The van der Waals surface area contributed by atoms with Crippen LogP contribution in [0.15, 0.2) is 53.4 Å². The highest BCUT2D eigenvalue weighted by Crippen LogP contribution is 2.30. The third-order valence-corrected chi connectivity index (χ3v) is 8.94. The Morgan fingerprint density at radius 1 is 0.921 bits per heavy atom. The topological polar surface area (TPSA) is 124 Å². The minimum Gasteiger partial charge on any atom is -0.481 e. The number of rotatable bonds is 8. The van der Waals surface area contributed by atoms with Gasteiger partial charge in [0.15, 0.2) is 6.17 Å². The number of amides is 2. The fourth-order valence-electron chi connectivity index (χ4n) is 5.16. The third-order valence-electron chi connectivity index (χ3n) is 7.08. The number of aliphatic carboxylic acids is 1. The second kappa shape index (κ2) is 11.6. The van der Waals surface area contributed by atoms with Gasteiger partial charge in [0.25, 0.3) is 11.8 Å². The first kappa shape index (κ1) is 27.6.